The number of carbonyl (C=O) groups excluding carboxylic acids is 1. The van der Waals surface area contributed by atoms with Gasteiger partial charge in [0.15, 0.2) is 5.82 Å². The van der Waals surface area contributed by atoms with Crippen LogP contribution in [0.3, 0.4) is 0 Å². The lowest BCUT2D eigenvalue weighted by atomic mass is 9.97. The average molecular weight is 351 g/mol. The van der Waals surface area contributed by atoms with Crippen LogP contribution < -0.4 is 4.90 Å². The molecule has 16 heavy (non-hydrogen) atoms. The van der Waals surface area contributed by atoms with Crippen LogP contribution in [-0.2, 0) is 11.2 Å². The van der Waals surface area contributed by atoms with Crippen molar-refractivity contribution in [1.29, 1.82) is 0 Å². The van der Waals surface area contributed by atoms with Crippen LogP contribution in [0.1, 0.15) is 18.9 Å². The summed E-state index contributed by atoms with van der Waals surface area (Å²) in [7, 11) is 0. The molecule has 1 aliphatic rings. The Kier molecular flexibility index (Phi) is 3.35. The molecule has 1 aromatic rings. The molecule has 0 unspecified atom stereocenters. The highest BCUT2D eigenvalue weighted by Crippen LogP contribution is 2.39. The average Bonchev–Trinajstić information content (AvgIpc) is 2.26. The molecule has 1 aromatic carbocycles. The maximum Gasteiger partial charge on any atom is 0.214 e. The lowest BCUT2D eigenvalue weighted by Crippen LogP contribution is -2.36. The van der Waals surface area contributed by atoms with E-state index in [0.717, 1.165) is 30.5 Å². The van der Waals surface area contributed by atoms with E-state index in [0.29, 0.717) is 8.95 Å². The fourth-order valence-electron chi connectivity index (χ4n) is 1.98. The van der Waals surface area contributed by atoms with Crippen molar-refractivity contribution in [3.05, 3.63) is 26.4 Å². The second-order valence-electron chi connectivity index (χ2n) is 3.88. The van der Waals surface area contributed by atoms with Crippen molar-refractivity contribution in [2.75, 3.05) is 4.90 Å². The van der Waals surface area contributed by atoms with Crippen LogP contribution in [0.5, 0.6) is 0 Å². The molecule has 5 heteroatoms. The number of fused-ring (bicyclic) bond motifs is 1. The van der Waals surface area contributed by atoms with Crippen molar-refractivity contribution >= 4 is 44.0 Å². The molecule has 1 amide bonds. The molecule has 2 rings (SSSR count). The van der Waals surface area contributed by atoms with Crippen LogP contribution in [0.4, 0.5) is 10.1 Å². The summed E-state index contributed by atoms with van der Waals surface area (Å²) < 4.78 is 14.5. The van der Waals surface area contributed by atoms with Gasteiger partial charge in [-0.05, 0) is 63.3 Å². The van der Waals surface area contributed by atoms with E-state index in [9.17, 15) is 9.18 Å². The Morgan fingerprint density at radius 2 is 2.25 bits per heavy atom. The second kappa shape index (κ2) is 4.45. The highest BCUT2D eigenvalue weighted by Gasteiger charge is 2.26. The van der Waals surface area contributed by atoms with Gasteiger partial charge in [-0.3, -0.25) is 4.79 Å². The molecule has 0 radical (unpaired) electrons. The second-order valence-corrected chi connectivity index (χ2v) is 5.53. The van der Waals surface area contributed by atoms with Crippen molar-refractivity contribution in [2.24, 2.45) is 0 Å². The molecule has 86 valence electrons. The van der Waals surface area contributed by atoms with E-state index in [-0.39, 0.29) is 11.9 Å². The Labute approximate surface area is 110 Å². The summed E-state index contributed by atoms with van der Waals surface area (Å²) in [6.07, 6.45) is 2.44. The fraction of sp³-hybridized carbons (Fsp3) is 0.364. The lowest BCUT2D eigenvalue weighted by molar-refractivity contribution is -0.107. The Morgan fingerprint density at radius 3 is 2.88 bits per heavy atom. The third-order valence-electron chi connectivity index (χ3n) is 2.92. The van der Waals surface area contributed by atoms with Gasteiger partial charge in [-0.2, -0.15) is 0 Å². The monoisotopic (exact) mass is 349 g/mol. The zero-order chi connectivity index (χ0) is 11.9. The number of rotatable bonds is 1. The van der Waals surface area contributed by atoms with Gasteiger partial charge >= 0.3 is 0 Å². The van der Waals surface area contributed by atoms with Gasteiger partial charge in [-0.15, -0.1) is 0 Å². The minimum Gasteiger partial charge on any atom is -0.312 e. The Balaban J connectivity index is 2.63. The first kappa shape index (κ1) is 12.0. The van der Waals surface area contributed by atoms with Crippen molar-refractivity contribution < 1.29 is 9.18 Å². The van der Waals surface area contributed by atoms with Crippen LogP contribution in [0.2, 0.25) is 0 Å². The first-order valence-corrected chi connectivity index (χ1v) is 6.55. The lowest BCUT2D eigenvalue weighted by Gasteiger charge is -2.33. The first-order chi connectivity index (χ1) is 7.56. The summed E-state index contributed by atoms with van der Waals surface area (Å²) in [6.45, 7) is 1.99. The minimum absolute atomic E-state index is 0.161. The highest BCUT2D eigenvalue weighted by atomic mass is 79.9. The molecule has 1 heterocycles. The van der Waals surface area contributed by atoms with Crippen LogP contribution in [0.15, 0.2) is 15.0 Å². The molecular formula is C11H10Br2FNO. The summed E-state index contributed by atoms with van der Waals surface area (Å²) >= 11 is 6.40. The van der Waals surface area contributed by atoms with Gasteiger partial charge in [0.2, 0.25) is 6.41 Å². The van der Waals surface area contributed by atoms with Crippen LogP contribution in [0, 0.1) is 5.82 Å². The summed E-state index contributed by atoms with van der Waals surface area (Å²) in [6, 6.07) is 1.83. The first-order valence-electron chi connectivity index (χ1n) is 4.96. The zero-order valence-corrected chi connectivity index (χ0v) is 11.8. The number of hydrogen-bond acceptors (Lipinski definition) is 1. The maximum atomic E-state index is 13.6. The van der Waals surface area contributed by atoms with Gasteiger partial charge in [0.25, 0.3) is 0 Å². The third-order valence-corrected chi connectivity index (χ3v) is 4.32. The van der Waals surface area contributed by atoms with Crippen LogP contribution >= 0.6 is 31.9 Å². The number of anilines is 1. The van der Waals surface area contributed by atoms with Crippen molar-refractivity contribution in [3.63, 3.8) is 0 Å². The molecule has 0 fully saturated rings. The quantitative estimate of drug-likeness (QED) is 0.559. The largest absolute Gasteiger partial charge is 0.312 e. The fourth-order valence-corrected chi connectivity index (χ4v) is 3.27. The predicted molar refractivity (Wildman–Crippen MR) is 68.1 cm³/mol. The molecule has 0 bridgehead atoms. The van der Waals surface area contributed by atoms with Crippen molar-refractivity contribution in [2.45, 2.75) is 25.8 Å². The van der Waals surface area contributed by atoms with Crippen molar-refractivity contribution in [3.8, 4) is 0 Å². The maximum absolute atomic E-state index is 13.6. The number of amides is 1. The van der Waals surface area contributed by atoms with Crippen molar-refractivity contribution in [1.82, 2.24) is 0 Å². The van der Waals surface area contributed by atoms with Gasteiger partial charge in [0.1, 0.15) is 0 Å². The predicted octanol–water partition coefficient (Wildman–Crippen LogP) is 3.65. The topological polar surface area (TPSA) is 20.3 Å². The van der Waals surface area contributed by atoms with E-state index in [1.54, 1.807) is 11.0 Å². The Morgan fingerprint density at radius 1 is 1.56 bits per heavy atom. The number of benzene rings is 1. The Bertz CT molecular complexity index is 450. The molecule has 0 aromatic heterocycles. The highest BCUT2D eigenvalue weighted by molar-refractivity contribution is 9.11. The van der Waals surface area contributed by atoms with Crippen LogP contribution in [0.25, 0.3) is 0 Å². The SMILES string of the molecule is C[C@@H]1CCc2c(cc(Br)c(F)c2Br)N1C=O. The molecule has 0 N–H and O–H groups in total. The molecule has 2 nitrogen and oxygen atoms in total. The number of halogens is 3. The Hall–Kier alpha value is -0.420. The van der Waals surface area contributed by atoms with Gasteiger partial charge in [-0.1, -0.05) is 0 Å². The number of hydrogen-bond donors (Lipinski definition) is 0. The number of carbonyl (C=O) groups is 1. The normalized spacial score (nSPS) is 19.5. The van der Waals surface area contributed by atoms with E-state index in [2.05, 4.69) is 31.9 Å². The van der Waals surface area contributed by atoms with E-state index in [1.807, 2.05) is 6.92 Å². The molecule has 0 saturated carbocycles. The molecule has 1 aliphatic heterocycles. The summed E-state index contributed by atoms with van der Waals surface area (Å²) in [5.41, 5.74) is 1.65. The summed E-state index contributed by atoms with van der Waals surface area (Å²) in [5, 5.41) is 0. The summed E-state index contributed by atoms with van der Waals surface area (Å²) in [5.74, 6) is -0.306. The number of nitrogens with zero attached hydrogens (tertiary/aromatic N) is 1. The molecule has 1 atom stereocenters. The van der Waals surface area contributed by atoms with Gasteiger partial charge < -0.3 is 4.90 Å². The molecule has 0 spiro atoms. The van der Waals surface area contributed by atoms with Gasteiger partial charge in [0, 0.05) is 11.7 Å². The standard InChI is InChI=1S/C11H10Br2FNO/c1-6-2-3-7-9(15(6)5-16)4-8(12)11(14)10(7)13/h4-6H,2-3H2,1H3/t6-/m1/s1. The van der Waals surface area contributed by atoms with Crippen LogP contribution in [-0.4, -0.2) is 12.5 Å². The van der Waals surface area contributed by atoms with E-state index in [4.69, 9.17) is 0 Å². The molecule has 0 saturated heterocycles. The zero-order valence-electron chi connectivity index (χ0n) is 8.64. The molecular weight excluding hydrogens is 341 g/mol. The van der Waals surface area contributed by atoms with Gasteiger partial charge in [0.05, 0.1) is 8.95 Å². The third kappa shape index (κ3) is 1.80. The van der Waals surface area contributed by atoms with E-state index < -0.39 is 0 Å². The van der Waals surface area contributed by atoms with E-state index >= 15 is 0 Å². The van der Waals surface area contributed by atoms with Gasteiger partial charge in [-0.25, -0.2) is 4.39 Å². The summed E-state index contributed by atoms with van der Waals surface area (Å²) in [4.78, 5) is 12.7. The molecule has 0 aliphatic carbocycles. The smallest absolute Gasteiger partial charge is 0.214 e. The van der Waals surface area contributed by atoms with E-state index in [1.165, 1.54) is 0 Å². The minimum atomic E-state index is -0.306.